The second-order valence-electron chi connectivity index (χ2n) is 6.58. The predicted molar refractivity (Wildman–Crippen MR) is 86.7 cm³/mol. The molecule has 1 saturated heterocycles. The summed E-state index contributed by atoms with van der Waals surface area (Å²) in [5.74, 6) is 0.0171. The number of sulfonamides is 1. The van der Waals surface area contributed by atoms with Crippen molar-refractivity contribution in [2.24, 2.45) is 11.1 Å². The zero-order chi connectivity index (χ0) is 16.4. The normalized spacial score (nSPS) is 21.8. The quantitative estimate of drug-likeness (QED) is 0.722. The van der Waals surface area contributed by atoms with Crippen molar-refractivity contribution < 1.29 is 13.2 Å². The van der Waals surface area contributed by atoms with Crippen molar-refractivity contribution in [2.45, 2.75) is 63.7 Å². The highest BCUT2D eigenvalue weighted by Gasteiger charge is 2.42. The van der Waals surface area contributed by atoms with E-state index >= 15 is 0 Å². The van der Waals surface area contributed by atoms with Gasteiger partial charge in [-0.15, -0.1) is 0 Å². The Morgan fingerprint density at radius 1 is 1.18 bits per heavy atom. The van der Waals surface area contributed by atoms with Gasteiger partial charge in [-0.2, -0.15) is 0 Å². The summed E-state index contributed by atoms with van der Waals surface area (Å²) in [6, 6.07) is 0.0576. The molecule has 22 heavy (non-hydrogen) atoms. The van der Waals surface area contributed by atoms with Crippen molar-refractivity contribution in [2.75, 3.05) is 19.6 Å². The predicted octanol–water partition coefficient (Wildman–Crippen LogP) is 0.824. The lowest BCUT2D eigenvalue weighted by molar-refractivity contribution is -0.132. The van der Waals surface area contributed by atoms with Gasteiger partial charge >= 0.3 is 0 Å². The molecular formula is C15H29N3O3S. The molecule has 1 amide bonds. The van der Waals surface area contributed by atoms with Gasteiger partial charge in [-0.3, -0.25) is 4.79 Å². The van der Waals surface area contributed by atoms with Gasteiger partial charge in [0.1, 0.15) is 0 Å². The van der Waals surface area contributed by atoms with Crippen molar-refractivity contribution in [3.63, 3.8) is 0 Å². The van der Waals surface area contributed by atoms with Crippen LogP contribution < -0.4 is 11.1 Å². The second kappa shape index (κ2) is 6.84. The molecule has 0 atom stereocenters. The minimum atomic E-state index is -3.08. The van der Waals surface area contributed by atoms with E-state index in [0.717, 1.165) is 25.7 Å². The Morgan fingerprint density at radius 3 is 2.14 bits per heavy atom. The van der Waals surface area contributed by atoms with E-state index in [2.05, 4.69) is 5.32 Å². The average molecular weight is 331 g/mol. The first-order valence-corrected chi connectivity index (χ1v) is 9.90. The van der Waals surface area contributed by atoms with E-state index in [-0.39, 0.29) is 17.2 Å². The van der Waals surface area contributed by atoms with Gasteiger partial charge in [0, 0.05) is 25.7 Å². The van der Waals surface area contributed by atoms with Gasteiger partial charge in [0.05, 0.1) is 10.7 Å². The molecule has 0 unspecified atom stereocenters. The molecule has 1 aliphatic heterocycles. The highest BCUT2D eigenvalue weighted by atomic mass is 32.2. The van der Waals surface area contributed by atoms with Crippen molar-refractivity contribution in [1.29, 1.82) is 0 Å². The fourth-order valence-corrected chi connectivity index (χ4v) is 5.00. The molecule has 1 aliphatic carbocycles. The first-order chi connectivity index (χ1) is 10.4. The van der Waals surface area contributed by atoms with Gasteiger partial charge in [0.2, 0.25) is 15.9 Å². The summed E-state index contributed by atoms with van der Waals surface area (Å²) in [5.41, 5.74) is 5.32. The van der Waals surface area contributed by atoms with Crippen molar-refractivity contribution in [3.05, 3.63) is 0 Å². The Labute approximate surface area is 133 Å². The first kappa shape index (κ1) is 17.7. The van der Waals surface area contributed by atoms with Crippen LogP contribution in [0.2, 0.25) is 0 Å². The molecule has 1 heterocycles. The first-order valence-electron chi connectivity index (χ1n) is 8.39. The Kier molecular flexibility index (Phi) is 5.50. The van der Waals surface area contributed by atoms with E-state index in [1.807, 2.05) is 13.8 Å². The summed E-state index contributed by atoms with van der Waals surface area (Å²) in [6.07, 6.45) is 4.41. The third-order valence-corrected chi connectivity index (χ3v) is 7.72. The van der Waals surface area contributed by atoms with Crippen LogP contribution in [0.5, 0.6) is 0 Å². The number of nitrogens with two attached hydrogens (primary N) is 1. The van der Waals surface area contributed by atoms with Crippen LogP contribution >= 0.6 is 0 Å². The van der Waals surface area contributed by atoms with Crippen LogP contribution in [-0.2, 0) is 14.8 Å². The van der Waals surface area contributed by atoms with E-state index in [9.17, 15) is 13.2 Å². The highest BCUT2D eigenvalue weighted by Crippen LogP contribution is 2.32. The lowest BCUT2D eigenvalue weighted by Crippen LogP contribution is -2.52. The molecule has 2 rings (SSSR count). The zero-order valence-corrected chi connectivity index (χ0v) is 14.5. The molecule has 2 fully saturated rings. The molecule has 0 spiro atoms. The van der Waals surface area contributed by atoms with Gasteiger partial charge in [0.25, 0.3) is 0 Å². The number of amides is 1. The highest BCUT2D eigenvalue weighted by molar-refractivity contribution is 7.90. The van der Waals surface area contributed by atoms with E-state index in [0.29, 0.717) is 32.5 Å². The van der Waals surface area contributed by atoms with Gasteiger partial charge in [-0.05, 0) is 38.5 Å². The van der Waals surface area contributed by atoms with Crippen LogP contribution in [0.3, 0.4) is 0 Å². The minimum absolute atomic E-state index is 0.0171. The molecule has 0 aromatic rings. The van der Waals surface area contributed by atoms with Crippen LogP contribution in [0.1, 0.15) is 52.4 Å². The third-order valence-electron chi connectivity index (χ3n) is 5.32. The maximum Gasteiger partial charge on any atom is 0.227 e. The SMILES string of the molecule is CCC(CC)(CN)C(=O)NC1CCN(S(=O)(=O)C2CC2)CC1. The van der Waals surface area contributed by atoms with Gasteiger partial charge < -0.3 is 11.1 Å². The number of hydrogen-bond acceptors (Lipinski definition) is 4. The molecule has 0 aromatic heterocycles. The van der Waals surface area contributed by atoms with Gasteiger partial charge in [-0.1, -0.05) is 13.8 Å². The van der Waals surface area contributed by atoms with E-state index in [1.54, 1.807) is 4.31 Å². The van der Waals surface area contributed by atoms with E-state index in [1.165, 1.54) is 0 Å². The molecule has 3 N–H and O–H groups in total. The summed E-state index contributed by atoms with van der Waals surface area (Å²) in [5, 5.41) is 2.94. The molecule has 128 valence electrons. The van der Waals surface area contributed by atoms with Crippen LogP contribution in [0.4, 0.5) is 0 Å². The van der Waals surface area contributed by atoms with Crippen molar-refractivity contribution in [3.8, 4) is 0 Å². The van der Waals surface area contributed by atoms with Crippen molar-refractivity contribution in [1.82, 2.24) is 9.62 Å². The Bertz CT molecular complexity index is 482. The number of nitrogens with zero attached hydrogens (tertiary/aromatic N) is 1. The Hall–Kier alpha value is -0.660. The lowest BCUT2D eigenvalue weighted by Gasteiger charge is -2.35. The average Bonchev–Trinajstić information content (AvgIpc) is 3.35. The number of rotatable bonds is 7. The number of hydrogen-bond donors (Lipinski definition) is 2. The summed E-state index contributed by atoms with van der Waals surface area (Å²) < 4.78 is 26.0. The van der Waals surface area contributed by atoms with Crippen LogP contribution in [0.15, 0.2) is 0 Å². The summed E-state index contributed by atoms with van der Waals surface area (Å²) in [4.78, 5) is 12.5. The summed E-state index contributed by atoms with van der Waals surface area (Å²) in [7, 11) is -3.08. The standard InChI is InChI=1S/C15H29N3O3S/c1-3-15(4-2,11-16)14(19)17-12-7-9-18(10-8-12)22(20,21)13-5-6-13/h12-13H,3-11,16H2,1-2H3,(H,17,19). The van der Waals surface area contributed by atoms with Crippen molar-refractivity contribution >= 4 is 15.9 Å². The van der Waals surface area contributed by atoms with Crippen LogP contribution in [0.25, 0.3) is 0 Å². The van der Waals surface area contributed by atoms with Gasteiger partial charge in [-0.25, -0.2) is 12.7 Å². The number of nitrogens with one attached hydrogen (secondary N) is 1. The maximum absolute atomic E-state index is 12.5. The number of carbonyl (C=O) groups excluding carboxylic acids is 1. The fraction of sp³-hybridized carbons (Fsp3) is 0.933. The molecule has 7 heteroatoms. The van der Waals surface area contributed by atoms with E-state index in [4.69, 9.17) is 5.73 Å². The van der Waals surface area contributed by atoms with Gasteiger partial charge in [0.15, 0.2) is 0 Å². The largest absolute Gasteiger partial charge is 0.353 e. The molecule has 0 bridgehead atoms. The number of piperidine rings is 1. The molecular weight excluding hydrogens is 302 g/mol. The molecule has 2 aliphatic rings. The number of carbonyl (C=O) groups is 1. The minimum Gasteiger partial charge on any atom is -0.353 e. The Morgan fingerprint density at radius 2 is 1.73 bits per heavy atom. The zero-order valence-electron chi connectivity index (χ0n) is 13.7. The maximum atomic E-state index is 12.5. The fourth-order valence-electron chi connectivity index (χ4n) is 3.12. The topological polar surface area (TPSA) is 92.5 Å². The smallest absolute Gasteiger partial charge is 0.227 e. The second-order valence-corrected chi connectivity index (χ2v) is 8.80. The molecule has 0 aromatic carbocycles. The molecule has 0 radical (unpaired) electrons. The summed E-state index contributed by atoms with van der Waals surface area (Å²) >= 11 is 0. The molecule has 1 saturated carbocycles. The lowest BCUT2D eigenvalue weighted by atomic mass is 9.81. The molecule has 6 nitrogen and oxygen atoms in total. The van der Waals surface area contributed by atoms with Crippen LogP contribution in [0, 0.1) is 5.41 Å². The third kappa shape index (κ3) is 3.46. The Balaban J connectivity index is 1.88. The summed E-state index contributed by atoms with van der Waals surface area (Å²) in [6.45, 7) is 5.34. The van der Waals surface area contributed by atoms with Crippen LogP contribution in [-0.4, -0.2) is 49.6 Å². The van der Waals surface area contributed by atoms with E-state index < -0.39 is 15.4 Å². The monoisotopic (exact) mass is 331 g/mol.